The SMILES string of the molecule is COC(=O)CNC(=O)c1cccc(/C=C/C(=O)c2c(O)c3cccnc3n(C)c2=O)n1. The molecule has 2 N–H and O–H groups in total. The van der Waals surface area contributed by atoms with Crippen LogP contribution in [-0.2, 0) is 16.6 Å². The van der Waals surface area contributed by atoms with Gasteiger partial charge in [0.2, 0.25) is 0 Å². The zero-order valence-corrected chi connectivity index (χ0v) is 16.7. The molecule has 0 saturated carbocycles. The molecule has 0 fully saturated rings. The maximum atomic E-state index is 12.6. The van der Waals surface area contributed by atoms with Gasteiger partial charge >= 0.3 is 5.97 Å². The van der Waals surface area contributed by atoms with E-state index in [2.05, 4.69) is 20.0 Å². The average Bonchev–Trinajstić information content (AvgIpc) is 2.79. The van der Waals surface area contributed by atoms with E-state index in [0.29, 0.717) is 0 Å². The minimum atomic E-state index is -0.730. The molecule has 158 valence electrons. The summed E-state index contributed by atoms with van der Waals surface area (Å²) in [7, 11) is 2.65. The summed E-state index contributed by atoms with van der Waals surface area (Å²) in [6, 6.07) is 7.65. The van der Waals surface area contributed by atoms with Crippen LogP contribution >= 0.6 is 0 Å². The number of ether oxygens (including phenoxy) is 1. The van der Waals surface area contributed by atoms with E-state index in [4.69, 9.17) is 0 Å². The molecule has 3 aromatic heterocycles. The summed E-state index contributed by atoms with van der Waals surface area (Å²) >= 11 is 0. The van der Waals surface area contributed by atoms with Crippen molar-refractivity contribution in [1.82, 2.24) is 19.9 Å². The van der Waals surface area contributed by atoms with Gasteiger partial charge in [-0.25, -0.2) is 9.97 Å². The van der Waals surface area contributed by atoms with Gasteiger partial charge in [-0.3, -0.25) is 23.7 Å². The second kappa shape index (κ2) is 8.99. The number of hydrogen-bond acceptors (Lipinski definition) is 8. The number of hydrogen-bond donors (Lipinski definition) is 2. The van der Waals surface area contributed by atoms with Crippen LogP contribution in [0.3, 0.4) is 0 Å². The molecule has 3 heterocycles. The van der Waals surface area contributed by atoms with Gasteiger partial charge in [-0.1, -0.05) is 6.07 Å². The zero-order chi connectivity index (χ0) is 22.5. The van der Waals surface area contributed by atoms with Gasteiger partial charge in [0.25, 0.3) is 11.5 Å². The van der Waals surface area contributed by atoms with Gasteiger partial charge < -0.3 is 15.2 Å². The van der Waals surface area contributed by atoms with E-state index in [-0.39, 0.29) is 29.0 Å². The topological polar surface area (TPSA) is 140 Å². The Morgan fingerprint density at radius 1 is 1.23 bits per heavy atom. The summed E-state index contributed by atoms with van der Waals surface area (Å²) in [6.45, 7) is -0.311. The molecule has 0 aliphatic carbocycles. The predicted octanol–water partition coefficient (Wildman–Crippen LogP) is 0.833. The number of carbonyl (C=O) groups is 3. The fraction of sp³-hybridized carbons (Fsp3) is 0.143. The third kappa shape index (κ3) is 4.47. The number of ketones is 1. The molecule has 0 aliphatic rings. The molecule has 10 heteroatoms. The number of amides is 1. The van der Waals surface area contributed by atoms with Gasteiger partial charge in [0.15, 0.2) is 5.78 Å². The molecule has 3 aromatic rings. The van der Waals surface area contributed by atoms with Gasteiger partial charge in [0.1, 0.15) is 29.2 Å². The lowest BCUT2D eigenvalue weighted by molar-refractivity contribution is -0.139. The van der Waals surface area contributed by atoms with Gasteiger partial charge in [-0.2, -0.15) is 0 Å². The van der Waals surface area contributed by atoms with Crippen LogP contribution < -0.4 is 10.9 Å². The lowest BCUT2D eigenvalue weighted by atomic mass is 10.1. The first-order chi connectivity index (χ1) is 14.8. The summed E-state index contributed by atoms with van der Waals surface area (Å²) in [5, 5.41) is 13.1. The van der Waals surface area contributed by atoms with E-state index in [1.165, 1.54) is 37.1 Å². The van der Waals surface area contributed by atoms with E-state index < -0.39 is 34.5 Å². The highest BCUT2D eigenvalue weighted by molar-refractivity contribution is 6.10. The van der Waals surface area contributed by atoms with Gasteiger partial charge in [0.05, 0.1) is 18.2 Å². The highest BCUT2D eigenvalue weighted by Crippen LogP contribution is 2.25. The maximum absolute atomic E-state index is 12.6. The summed E-state index contributed by atoms with van der Waals surface area (Å²) in [6.07, 6.45) is 3.87. The van der Waals surface area contributed by atoms with Gasteiger partial charge in [-0.15, -0.1) is 0 Å². The highest BCUT2D eigenvalue weighted by atomic mass is 16.5. The Morgan fingerprint density at radius 2 is 2.00 bits per heavy atom. The second-order valence-electron chi connectivity index (χ2n) is 6.37. The van der Waals surface area contributed by atoms with Crippen molar-refractivity contribution in [2.45, 2.75) is 0 Å². The number of carbonyl (C=O) groups excluding carboxylic acids is 3. The molecule has 0 radical (unpaired) electrons. The minimum absolute atomic E-state index is 0.0223. The van der Waals surface area contributed by atoms with E-state index in [0.717, 1.165) is 6.08 Å². The predicted molar refractivity (Wildman–Crippen MR) is 111 cm³/mol. The largest absolute Gasteiger partial charge is 0.506 e. The van der Waals surface area contributed by atoms with Crippen LogP contribution in [0.25, 0.3) is 17.1 Å². The fourth-order valence-electron chi connectivity index (χ4n) is 2.80. The highest BCUT2D eigenvalue weighted by Gasteiger charge is 2.20. The van der Waals surface area contributed by atoms with Crippen LogP contribution in [0.15, 0.2) is 47.4 Å². The smallest absolute Gasteiger partial charge is 0.325 e. The van der Waals surface area contributed by atoms with Crippen molar-refractivity contribution in [3.8, 4) is 5.75 Å². The first-order valence-electron chi connectivity index (χ1n) is 9.04. The van der Waals surface area contributed by atoms with E-state index >= 15 is 0 Å². The van der Waals surface area contributed by atoms with Crippen molar-refractivity contribution < 1.29 is 24.2 Å². The average molecular weight is 422 g/mol. The van der Waals surface area contributed by atoms with E-state index in [1.54, 1.807) is 24.3 Å². The van der Waals surface area contributed by atoms with Crippen molar-refractivity contribution in [2.24, 2.45) is 7.05 Å². The fourth-order valence-corrected chi connectivity index (χ4v) is 2.80. The molecule has 0 aliphatic heterocycles. The molecule has 10 nitrogen and oxygen atoms in total. The summed E-state index contributed by atoms with van der Waals surface area (Å²) in [5.74, 6) is -2.39. The first-order valence-corrected chi connectivity index (χ1v) is 9.04. The number of pyridine rings is 3. The molecule has 0 unspecified atom stereocenters. The molecule has 0 saturated heterocycles. The third-order valence-electron chi connectivity index (χ3n) is 4.39. The van der Waals surface area contributed by atoms with E-state index in [9.17, 15) is 24.3 Å². The first kappa shape index (κ1) is 21.4. The summed E-state index contributed by atoms with van der Waals surface area (Å²) in [4.78, 5) is 56.5. The number of aryl methyl sites for hydroxylation is 1. The molecular formula is C21H18N4O6. The number of aromatic nitrogens is 3. The normalized spacial score (nSPS) is 10.9. The van der Waals surface area contributed by atoms with Crippen LogP contribution in [0.4, 0.5) is 0 Å². The van der Waals surface area contributed by atoms with Crippen molar-refractivity contribution in [3.63, 3.8) is 0 Å². The number of fused-ring (bicyclic) bond motifs is 1. The Labute approximate surface area is 175 Å². The molecule has 0 spiro atoms. The zero-order valence-electron chi connectivity index (χ0n) is 16.7. The lowest BCUT2D eigenvalue weighted by Gasteiger charge is -2.08. The molecule has 0 atom stereocenters. The number of methoxy groups -OCH3 is 1. The van der Waals surface area contributed by atoms with Crippen molar-refractivity contribution >= 4 is 34.8 Å². The second-order valence-corrected chi connectivity index (χ2v) is 6.37. The van der Waals surface area contributed by atoms with Gasteiger partial charge in [-0.05, 0) is 36.4 Å². The monoisotopic (exact) mass is 422 g/mol. The standard InChI is InChI=1S/C21H18N4O6/c1-25-19-13(6-4-10-22-19)18(28)17(21(25)30)15(26)9-8-12-5-3-7-14(24-12)20(29)23-11-16(27)31-2/h3-10,28H,11H2,1-2H3,(H,23,29)/b9-8+. The lowest BCUT2D eigenvalue weighted by Crippen LogP contribution is -2.30. The number of esters is 1. The van der Waals surface area contributed by atoms with E-state index in [1.807, 2.05) is 0 Å². The van der Waals surface area contributed by atoms with Crippen molar-refractivity contribution in [1.29, 1.82) is 0 Å². The van der Waals surface area contributed by atoms with Crippen LogP contribution in [0, 0.1) is 0 Å². The Hall–Kier alpha value is -4.34. The summed E-state index contributed by atoms with van der Waals surface area (Å²) in [5.41, 5.74) is -0.557. The molecule has 1 amide bonds. The van der Waals surface area contributed by atoms with Gasteiger partial charge in [0, 0.05) is 13.2 Å². The quantitative estimate of drug-likeness (QED) is 0.338. The number of allylic oxidation sites excluding steroid dienone is 1. The molecule has 0 bridgehead atoms. The minimum Gasteiger partial charge on any atom is -0.506 e. The van der Waals surface area contributed by atoms with Crippen molar-refractivity contribution in [2.75, 3.05) is 13.7 Å². The molecule has 31 heavy (non-hydrogen) atoms. The Morgan fingerprint density at radius 3 is 2.74 bits per heavy atom. The number of nitrogens with zero attached hydrogens (tertiary/aromatic N) is 3. The maximum Gasteiger partial charge on any atom is 0.325 e. The Kier molecular flexibility index (Phi) is 6.20. The van der Waals surface area contributed by atoms with Crippen LogP contribution in [0.1, 0.15) is 26.5 Å². The Bertz CT molecular complexity index is 1280. The number of rotatable bonds is 6. The molecule has 3 rings (SSSR count). The van der Waals surface area contributed by atoms with Crippen LogP contribution in [0.2, 0.25) is 0 Å². The van der Waals surface area contributed by atoms with Crippen LogP contribution in [0.5, 0.6) is 5.75 Å². The molecular weight excluding hydrogens is 404 g/mol. The Balaban J connectivity index is 1.86. The number of aromatic hydroxyl groups is 1. The third-order valence-corrected chi connectivity index (χ3v) is 4.39. The number of nitrogens with one attached hydrogen (secondary N) is 1. The summed E-state index contributed by atoms with van der Waals surface area (Å²) < 4.78 is 5.63. The molecule has 0 aromatic carbocycles. The van der Waals surface area contributed by atoms with Crippen LogP contribution in [-0.4, -0.2) is 51.0 Å². The van der Waals surface area contributed by atoms with Crippen molar-refractivity contribution in [3.05, 3.63) is 69.9 Å².